The summed E-state index contributed by atoms with van der Waals surface area (Å²) in [7, 11) is 0. The third-order valence-electron chi connectivity index (χ3n) is 4.14. The summed E-state index contributed by atoms with van der Waals surface area (Å²) in [5.74, 6) is -1.30. The van der Waals surface area contributed by atoms with E-state index in [9.17, 15) is 9.59 Å². The molecule has 0 atom stereocenters. The van der Waals surface area contributed by atoms with Gasteiger partial charge in [0.05, 0.1) is 11.4 Å². The van der Waals surface area contributed by atoms with Crippen LogP contribution in [-0.4, -0.2) is 40.6 Å². The van der Waals surface area contributed by atoms with Gasteiger partial charge in [-0.05, 0) is 50.0 Å². The van der Waals surface area contributed by atoms with E-state index in [0.717, 1.165) is 44.5 Å². The summed E-state index contributed by atoms with van der Waals surface area (Å²) in [4.78, 5) is 26.9. The van der Waals surface area contributed by atoms with Crippen LogP contribution in [0.25, 0.3) is 11.1 Å². The van der Waals surface area contributed by atoms with Crippen molar-refractivity contribution in [1.29, 1.82) is 0 Å². The van der Waals surface area contributed by atoms with Gasteiger partial charge in [-0.3, -0.25) is 9.78 Å². The van der Waals surface area contributed by atoms with Gasteiger partial charge in [0, 0.05) is 6.54 Å². The number of piperidine rings is 1. The number of nitrogens with one attached hydrogen (secondary N) is 1. The number of likely N-dealkylation sites (tertiary alicyclic amines) is 1. The number of rotatable bonds is 4. The first-order valence-electron chi connectivity index (χ1n) is 7.19. The summed E-state index contributed by atoms with van der Waals surface area (Å²) in [5.41, 5.74) is 2.42. The van der Waals surface area contributed by atoms with E-state index >= 15 is 0 Å². The van der Waals surface area contributed by atoms with Gasteiger partial charge in [0.2, 0.25) is 0 Å². The van der Waals surface area contributed by atoms with E-state index in [1.54, 1.807) is 0 Å². The lowest BCUT2D eigenvalue weighted by molar-refractivity contribution is -0.143. The summed E-state index contributed by atoms with van der Waals surface area (Å²) in [5, 5.41) is 8.98. The summed E-state index contributed by atoms with van der Waals surface area (Å²) in [6, 6.07) is 5.72. The Labute approximate surface area is 121 Å². The van der Waals surface area contributed by atoms with Crippen LogP contribution in [0.3, 0.4) is 0 Å². The molecule has 6 nitrogen and oxygen atoms in total. The Kier molecular flexibility index (Phi) is 3.79. The average Bonchev–Trinajstić information content (AvgIpc) is 2.84. The number of aromatic amines is 1. The fraction of sp³-hybridized carbons (Fsp3) is 0.467. The van der Waals surface area contributed by atoms with Crippen molar-refractivity contribution in [3.05, 3.63) is 34.3 Å². The molecule has 0 aliphatic carbocycles. The van der Waals surface area contributed by atoms with Crippen molar-refractivity contribution >= 4 is 17.1 Å². The van der Waals surface area contributed by atoms with Gasteiger partial charge in [0.15, 0.2) is 5.58 Å². The quantitative estimate of drug-likeness (QED) is 0.890. The monoisotopic (exact) mass is 290 g/mol. The van der Waals surface area contributed by atoms with E-state index in [1.807, 2.05) is 18.2 Å². The van der Waals surface area contributed by atoms with Gasteiger partial charge >= 0.3 is 11.7 Å². The Hall–Kier alpha value is -2.08. The number of hydrogen-bond donors (Lipinski definition) is 2. The molecule has 0 amide bonds. The summed E-state index contributed by atoms with van der Waals surface area (Å²) >= 11 is 0. The molecule has 2 N–H and O–H groups in total. The van der Waals surface area contributed by atoms with Crippen molar-refractivity contribution in [3.8, 4) is 0 Å². The highest BCUT2D eigenvalue weighted by Gasteiger charge is 2.23. The fourth-order valence-electron chi connectivity index (χ4n) is 2.84. The lowest BCUT2D eigenvalue weighted by Crippen LogP contribution is -2.37. The summed E-state index contributed by atoms with van der Waals surface area (Å²) in [6.07, 6.45) is 2.31. The first-order chi connectivity index (χ1) is 10.1. The molecular formula is C15H18N2O4. The highest BCUT2D eigenvalue weighted by atomic mass is 16.4. The fourth-order valence-corrected chi connectivity index (χ4v) is 2.84. The van der Waals surface area contributed by atoms with Gasteiger partial charge < -0.3 is 14.4 Å². The maximum Gasteiger partial charge on any atom is 0.417 e. The van der Waals surface area contributed by atoms with Crippen molar-refractivity contribution in [3.63, 3.8) is 0 Å². The van der Waals surface area contributed by atoms with Crippen LogP contribution >= 0.6 is 0 Å². The van der Waals surface area contributed by atoms with E-state index in [0.29, 0.717) is 11.1 Å². The number of oxazole rings is 1. The number of carbonyl (C=O) groups is 1. The molecular weight excluding hydrogens is 272 g/mol. The molecule has 1 fully saturated rings. The molecule has 0 unspecified atom stereocenters. The molecule has 6 heteroatoms. The van der Waals surface area contributed by atoms with Crippen LogP contribution in [0.4, 0.5) is 0 Å². The lowest BCUT2D eigenvalue weighted by atomic mass is 9.97. The van der Waals surface area contributed by atoms with Crippen molar-refractivity contribution < 1.29 is 14.3 Å². The summed E-state index contributed by atoms with van der Waals surface area (Å²) < 4.78 is 5.05. The largest absolute Gasteiger partial charge is 0.481 e. The zero-order valence-corrected chi connectivity index (χ0v) is 11.7. The number of H-pyrrole nitrogens is 1. The maximum atomic E-state index is 11.1. The minimum atomic E-state index is -0.678. The molecule has 21 heavy (non-hydrogen) atoms. The SMILES string of the molecule is O=C(O)C1CCN(CCc2ccc3[nH]c(=O)oc3c2)CC1. The molecule has 1 saturated heterocycles. The second kappa shape index (κ2) is 5.73. The molecule has 2 aromatic rings. The van der Waals surface area contributed by atoms with Crippen LogP contribution in [0.1, 0.15) is 18.4 Å². The number of nitrogens with zero attached hydrogens (tertiary/aromatic N) is 1. The van der Waals surface area contributed by atoms with Crippen molar-refractivity contribution in [2.75, 3.05) is 19.6 Å². The molecule has 2 heterocycles. The highest BCUT2D eigenvalue weighted by Crippen LogP contribution is 2.18. The third kappa shape index (κ3) is 3.16. The smallest absolute Gasteiger partial charge is 0.417 e. The number of fused-ring (bicyclic) bond motifs is 1. The lowest BCUT2D eigenvalue weighted by Gasteiger charge is -2.29. The first-order valence-corrected chi connectivity index (χ1v) is 7.19. The van der Waals surface area contributed by atoms with E-state index in [-0.39, 0.29) is 5.92 Å². The van der Waals surface area contributed by atoms with Gasteiger partial charge in [0.25, 0.3) is 0 Å². The number of benzene rings is 1. The Morgan fingerprint density at radius 1 is 1.38 bits per heavy atom. The second-order valence-electron chi connectivity index (χ2n) is 5.55. The van der Waals surface area contributed by atoms with Crippen LogP contribution in [0.5, 0.6) is 0 Å². The van der Waals surface area contributed by atoms with E-state index in [1.165, 1.54) is 0 Å². The van der Waals surface area contributed by atoms with Gasteiger partial charge in [-0.2, -0.15) is 0 Å². The standard InChI is InChI=1S/C15H18N2O4/c18-14(19)11-4-7-17(8-5-11)6-3-10-1-2-12-13(9-10)21-15(20)16-12/h1-2,9,11H,3-8H2,(H,16,20)(H,18,19). The van der Waals surface area contributed by atoms with Crippen LogP contribution in [0.2, 0.25) is 0 Å². The predicted octanol–water partition coefficient (Wildman–Crippen LogP) is 1.46. The van der Waals surface area contributed by atoms with Crippen LogP contribution in [-0.2, 0) is 11.2 Å². The number of hydrogen-bond acceptors (Lipinski definition) is 4. The van der Waals surface area contributed by atoms with Gasteiger partial charge in [-0.15, -0.1) is 0 Å². The Morgan fingerprint density at radius 2 is 2.14 bits per heavy atom. The van der Waals surface area contributed by atoms with Crippen molar-refractivity contribution in [2.45, 2.75) is 19.3 Å². The Morgan fingerprint density at radius 3 is 2.86 bits per heavy atom. The predicted molar refractivity (Wildman–Crippen MR) is 77.3 cm³/mol. The first kappa shape index (κ1) is 13.9. The van der Waals surface area contributed by atoms with Crippen LogP contribution in [0, 0.1) is 5.92 Å². The number of carboxylic acid groups (broad SMARTS) is 1. The van der Waals surface area contributed by atoms with Crippen molar-refractivity contribution in [2.24, 2.45) is 5.92 Å². The van der Waals surface area contributed by atoms with Gasteiger partial charge in [-0.25, -0.2) is 4.79 Å². The molecule has 0 bridgehead atoms. The van der Waals surface area contributed by atoms with Crippen LogP contribution in [0.15, 0.2) is 27.4 Å². The zero-order valence-electron chi connectivity index (χ0n) is 11.7. The molecule has 0 saturated carbocycles. The molecule has 1 aliphatic rings. The Bertz CT molecular complexity index is 695. The maximum absolute atomic E-state index is 11.1. The molecule has 1 aliphatic heterocycles. The molecule has 0 spiro atoms. The minimum Gasteiger partial charge on any atom is -0.481 e. The number of aliphatic carboxylic acids is 1. The Balaban J connectivity index is 1.57. The minimum absolute atomic E-state index is 0.188. The molecule has 1 aromatic heterocycles. The van der Waals surface area contributed by atoms with E-state index in [2.05, 4.69) is 9.88 Å². The molecule has 112 valence electrons. The van der Waals surface area contributed by atoms with Crippen molar-refractivity contribution in [1.82, 2.24) is 9.88 Å². The number of carboxylic acids is 1. The molecule has 3 rings (SSSR count). The molecule has 0 radical (unpaired) electrons. The highest BCUT2D eigenvalue weighted by molar-refractivity contribution is 5.72. The van der Waals surface area contributed by atoms with E-state index in [4.69, 9.17) is 9.52 Å². The van der Waals surface area contributed by atoms with Crippen LogP contribution < -0.4 is 5.76 Å². The van der Waals surface area contributed by atoms with Gasteiger partial charge in [0.1, 0.15) is 0 Å². The summed E-state index contributed by atoms with van der Waals surface area (Å²) in [6.45, 7) is 2.56. The average molecular weight is 290 g/mol. The van der Waals surface area contributed by atoms with Gasteiger partial charge in [-0.1, -0.05) is 6.07 Å². The topological polar surface area (TPSA) is 86.5 Å². The van der Waals surface area contributed by atoms with E-state index < -0.39 is 11.7 Å². The zero-order chi connectivity index (χ0) is 14.8. The number of aromatic nitrogens is 1. The third-order valence-corrected chi connectivity index (χ3v) is 4.14. The second-order valence-corrected chi connectivity index (χ2v) is 5.55. The normalized spacial score (nSPS) is 17.3. The molecule has 1 aromatic carbocycles.